The second-order valence-corrected chi connectivity index (χ2v) is 5.66. The van der Waals surface area contributed by atoms with Crippen LogP contribution in [0.2, 0.25) is 5.02 Å². The van der Waals surface area contributed by atoms with Gasteiger partial charge in [0.05, 0.1) is 19.3 Å². The molecule has 0 radical (unpaired) electrons. The summed E-state index contributed by atoms with van der Waals surface area (Å²) in [6, 6.07) is 11.5. The van der Waals surface area contributed by atoms with Gasteiger partial charge >= 0.3 is 0 Å². The van der Waals surface area contributed by atoms with Crippen LogP contribution in [0.1, 0.15) is 18.1 Å². The summed E-state index contributed by atoms with van der Waals surface area (Å²) in [5, 5.41) is 6.54. The highest BCUT2D eigenvalue weighted by atomic mass is 35.5. The molecule has 2 N–H and O–H groups in total. The first-order valence-electron chi connectivity index (χ1n) is 7.50. The van der Waals surface area contributed by atoms with Gasteiger partial charge in [-0.3, -0.25) is 4.79 Å². The normalized spacial score (nSPS) is 10.3. The van der Waals surface area contributed by atoms with Gasteiger partial charge in [0.2, 0.25) is 5.91 Å². The number of hydrogen-bond donors (Lipinski definition) is 2. The number of halogens is 1. The molecule has 0 aliphatic rings. The molecule has 0 saturated heterocycles. The molecular weight excluding hydrogens is 312 g/mol. The zero-order chi connectivity index (χ0) is 16.8. The van der Waals surface area contributed by atoms with Crippen LogP contribution in [0, 0.1) is 6.92 Å². The Balaban J connectivity index is 1.98. The molecule has 0 unspecified atom stereocenters. The van der Waals surface area contributed by atoms with Gasteiger partial charge in [-0.15, -0.1) is 0 Å². The Morgan fingerprint density at radius 1 is 1.22 bits per heavy atom. The molecule has 0 fully saturated rings. The molecule has 0 heterocycles. The van der Waals surface area contributed by atoms with E-state index in [9.17, 15) is 4.79 Å². The lowest BCUT2D eigenvalue weighted by atomic mass is 10.1. The molecule has 0 atom stereocenters. The fraction of sp³-hybridized carbons (Fsp3) is 0.278. The Hall–Kier alpha value is -2.20. The van der Waals surface area contributed by atoms with Gasteiger partial charge in [0.1, 0.15) is 5.75 Å². The van der Waals surface area contributed by atoms with Crippen LogP contribution in [-0.2, 0) is 11.2 Å². The number of carbonyl (C=O) groups excluding carboxylic acids is 1. The maximum absolute atomic E-state index is 12.1. The molecule has 122 valence electrons. The van der Waals surface area contributed by atoms with Crippen LogP contribution < -0.4 is 15.4 Å². The first-order chi connectivity index (χ1) is 11.0. The molecule has 0 bridgehead atoms. The monoisotopic (exact) mass is 332 g/mol. The molecule has 0 saturated carbocycles. The summed E-state index contributed by atoms with van der Waals surface area (Å²) >= 11 is 6.06. The van der Waals surface area contributed by atoms with Crippen molar-refractivity contribution < 1.29 is 9.53 Å². The molecule has 5 heteroatoms. The highest BCUT2D eigenvalue weighted by molar-refractivity contribution is 6.31. The lowest BCUT2D eigenvalue weighted by Gasteiger charge is -2.13. The van der Waals surface area contributed by atoms with Crippen molar-refractivity contribution in [2.24, 2.45) is 0 Å². The molecule has 2 aromatic rings. The third kappa shape index (κ3) is 4.63. The average Bonchev–Trinajstić information content (AvgIpc) is 2.56. The molecule has 4 nitrogen and oxygen atoms in total. The van der Waals surface area contributed by atoms with Crippen molar-refractivity contribution in [2.45, 2.75) is 20.3 Å². The van der Waals surface area contributed by atoms with E-state index >= 15 is 0 Å². The zero-order valence-electron chi connectivity index (χ0n) is 13.6. The Labute approximate surface area is 141 Å². The van der Waals surface area contributed by atoms with Crippen molar-refractivity contribution in [1.82, 2.24) is 0 Å². The fourth-order valence-corrected chi connectivity index (χ4v) is 2.32. The van der Waals surface area contributed by atoms with Crippen LogP contribution in [0.4, 0.5) is 11.4 Å². The van der Waals surface area contributed by atoms with E-state index in [1.54, 1.807) is 19.2 Å². The molecule has 1 amide bonds. The summed E-state index contributed by atoms with van der Waals surface area (Å²) in [6.07, 6.45) is 0.997. The summed E-state index contributed by atoms with van der Waals surface area (Å²) in [7, 11) is 1.55. The molecule has 2 aromatic carbocycles. The highest BCUT2D eigenvalue weighted by Gasteiger charge is 2.10. The molecule has 0 aliphatic heterocycles. The summed E-state index contributed by atoms with van der Waals surface area (Å²) in [6.45, 7) is 4.17. The fourth-order valence-electron chi connectivity index (χ4n) is 2.16. The number of nitrogens with one attached hydrogen (secondary N) is 2. The van der Waals surface area contributed by atoms with Gasteiger partial charge in [-0.05, 0) is 42.7 Å². The summed E-state index contributed by atoms with van der Waals surface area (Å²) < 4.78 is 5.25. The minimum atomic E-state index is -0.149. The molecule has 2 rings (SSSR count). The number of benzene rings is 2. The van der Waals surface area contributed by atoms with E-state index in [0.29, 0.717) is 16.5 Å². The number of amides is 1. The standard InChI is InChI=1S/C18H21ClN2O2/c1-4-13-5-7-14(8-6-13)20-11-18(22)21-16-9-12(2)15(19)10-17(16)23-3/h5-10,20H,4,11H2,1-3H3,(H,21,22). The first kappa shape index (κ1) is 17.2. The van der Waals surface area contributed by atoms with Gasteiger partial charge in [0, 0.05) is 16.8 Å². The van der Waals surface area contributed by atoms with E-state index in [0.717, 1.165) is 17.7 Å². The van der Waals surface area contributed by atoms with E-state index in [4.69, 9.17) is 16.3 Å². The molecular formula is C18H21ClN2O2. The average molecular weight is 333 g/mol. The highest BCUT2D eigenvalue weighted by Crippen LogP contribution is 2.30. The quantitative estimate of drug-likeness (QED) is 0.830. The van der Waals surface area contributed by atoms with Crippen molar-refractivity contribution in [3.8, 4) is 5.75 Å². The van der Waals surface area contributed by atoms with E-state index in [1.165, 1.54) is 5.56 Å². The van der Waals surface area contributed by atoms with Gasteiger partial charge in [-0.1, -0.05) is 30.7 Å². The molecule has 23 heavy (non-hydrogen) atoms. The van der Waals surface area contributed by atoms with Crippen LogP contribution in [0.15, 0.2) is 36.4 Å². The van der Waals surface area contributed by atoms with E-state index in [-0.39, 0.29) is 12.5 Å². The summed E-state index contributed by atoms with van der Waals surface area (Å²) in [5.41, 5.74) is 3.67. The van der Waals surface area contributed by atoms with E-state index in [2.05, 4.69) is 17.6 Å². The first-order valence-corrected chi connectivity index (χ1v) is 7.88. The Bertz CT molecular complexity index is 684. The van der Waals surface area contributed by atoms with Gasteiger partial charge in [-0.2, -0.15) is 0 Å². The number of anilines is 2. The number of ether oxygens (including phenoxy) is 1. The van der Waals surface area contributed by atoms with Crippen LogP contribution in [0.25, 0.3) is 0 Å². The number of rotatable bonds is 6. The van der Waals surface area contributed by atoms with Crippen molar-refractivity contribution >= 4 is 28.9 Å². The SMILES string of the molecule is CCc1ccc(NCC(=O)Nc2cc(C)c(Cl)cc2OC)cc1. The minimum absolute atomic E-state index is 0.149. The Morgan fingerprint density at radius 2 is 1.91 bits per heavy atom. The Morgan fingerprint density at radius 3 is 2.52 bits per heavy atom. The Kier molecular flexibility index (Phi) is 5.88. The van der Waals surface area contributed by atoms with Crippen LogP contribution in [-0.4, -0.2) is 19.6 Å². The van der Waals surface area contributed by atoms with Crippen molar-refractivity contribution in [3.63, 3.8) is 0 Å². The van der Waals surface area contributed by atoms with Crippen molar-refractivity contribution in [3.05, 3.63) is 52.5 Å². The predicted molar refractivity (Wildman–Crippen MR) is 95.7 cm³/mol. The lowest BCUT2D eigenvalue weighted by Crippen LogP contribution is -2.22. The number of carbonyl (C=O) groups is 1. The van der Waals surface area contributed by atoms with Crippen molar-refractivity contribution in [1.29, 1.82) is 0 Å². The number of hydrogen-bond acceptors (Lipinski definition) is 3. The van der Waals surface area contributed by atoms with Crippen LogP contribution >= 0.6 is 11.6 Å². The lowest BCUT2D eigenvalue weighted by molar-refractivity contribution is -0.114. The smallest absolute Gasteiger partial charge is 0.243 e. The van der Waals surface area contributed by atoms with Crippen LogP contribution in [0.5, 0.6) is 5.75 Å². The van der Waals surface area contributed by atoms with E-state index in [1.807, 2.05) is 31.2 Å². The maximum Gasteiger partial charge on any atom is 0.243 e. The van der Waals surface area contributed by atoms with Gasteiger partial charge in [0.15, 0.2) is 0 Å². The van der Waals surface area contributed by atoms with Crippen LogP contribution in [0.3, 0.4) is 0 Å². The topological polar surface area (TPSA) is 50.4 Å². The number of aryl methyl sites for hydroxylation is 2. The minimum Gasteiger partial charge on any atom is -0.495 e. The van der Waals surface area contributed by atoms with Crippen molar-refractivity contribution in [2.75, 3.05) is 24.3 Å². The second-order valence-electron chi connectivity index (χ2n) is 5.25. The molecule has 0 aliphatic carbocycles. The predicted octanol–water partition coefficient (Wildman–Crippen LogP) is 4.27. The largest absolute Gasteiger partial charge is 0.495 e. The second kappa shape index (κ2) is 7.88. The maximum atomic E-state index is 12.1. The number of methoxy groups -OCH3 is 1. The van der Waals surface area contributed by atoms with E-state index < -0.39 is 0 Å². The third-order valence-corrected chi connectivity index (χ3v) is 3.98. The van der Waals surface area contributed by atoms with Gasteiger partial charge in [0.25, 0.3) is 0 Å². The van der Waals surface area contributed by atoms with Gasteiger partial charge < -0.3 is 15.4 Å². The summed E-state index contributed by atoms with van der Waals surface area (Å²) in [4.78, 5) is 12.1. The third-order valence-electron chi connectivity index (χ3n) is 3.57. The summed E-state index contributed by atoms with van der Waals surface area (Å²) in [5.74, 6) is 0.394. The molecule has 0 aromatic heterocycles. The molecule has 0 spiro atoms. The van der Waals surface area contributed by atoms with Gasteiger partial charge in [-0.25, -0.2) is 0 Å². The zero-order valence-corrected chi connectivity index (χ0v) is 14.3.